The van der Waals surface area contributed by atoms with E-state index in [2.05, 4.69) is 80.8 Å². The number of hydrogen-bond donors (Lipinski definition) is 0. The molecule has 0 aliphatic heterocycles. The van der Waals surface area contributed by atoms with Crippen LogP contribution in [0.1, 0.15) is 21.5 Å². The maximum absolute atomic E-state index is 4.04. The highest BCUT2D eigenvalue weighted by atomic mass is 127. The van der Waals surface area contributed by atoms with Gasteiger partial charge < -0.3 is 0 Å². The zero-order valence-corrected chi connectivity index (χ0v) is 13.3. The van der Waals surface area contributed by atoms with Crippen molar-refractivity contribution in [3.05, 3.63) is 63.0 Å². The average molecular weight is 402 g/mol. The second kappa shape index (κ2) is 5.96. The molecule has 1 aromatic heterocycles. The van der Waals surface area contributed by atoms with Crippen LogP contribution in [0.15, 0.2) is 42.7 Å². The minimum atomic E-state index is 0.358. The summed E-state index contributed by atoms with van der Waals surface area (Å²) in [5.74, 6) is 0. The fourth-order valence-electron chi connectivity index (χ4n) is 1.75. The molecule has 0 aliphatic rings. The molecule has 0 bridgehead atoms. The Kier molecular flexibility index (Phi) is 4.56. The summed E-state index contributed by atoms with van der Waals surface area (Å²) in [6, 6.07) is 10.6. The highest BCUT2D eigenvalue weighted by Crippen LogP contribution is 2.31. The van der Waals surface area contributed by atoms with Gasteiger partial charge in [-0.2, -0.15) is 0 Å². The van der Waals surface area contributed by atoms with Crippen LogP contribution in [0.5, 0.6) is 0 Å². The number of alkyl halides is 1. The van der Waals surface area contributed by atoms with Crippen molar-refractivity contribution in [3.63, 3.8) is 0 Å². The van der Waals surface area contributed by atoms with Crippen molar-refractivity contribution in [2.24, 2.45) is 0 Å². The molecule has 1 heterocycles. The Labute approximate surface area is 124 Å². The summed E-state index contributed by atoms with van der Waals surface area (Å²) >= 11 is 6.20. The number of hydrogen-bond acceptors (Lipinski definition) is 1. The number of benzene rings is 1. The fraction of sp³-hybridized carbons (Fsp3) is 0.214. The van der Waals surface area contributed by atoms with E-state index in [9.17, 15) is 0 Å². The van der Waals surface area contributed by atoms with Gasteiger partial charge in [0.05, 0.1) is 0 Å². The van der Waals surface area contributed by atoms with E-state index < -0.39 is 0 Å². The zero-order chi connectivity index (χ0) is 12.3. The van der Waals surface area contributed by atoms with Gasteiger partial charge in [-0.25, -0.2) is 0 Å². The van der Waals surface area contributed by atoms with E-state index in [-0.39, 0.29) is 0 Å². The maximum atomic E-state index is 4.04. The van der Waals surface area contributed by atoms with Gasteiger partial charge in [0.2, 0.25) is 0 Å². The van der Waals surface area contributed by atoms with Crippen molar-refractivity contribution in [1.29, 1.82) is 0 Å². The molecule has 3 heteroatoms. The van der Waals surface area contributed by atoms with Gasteiger partial charge in [-0.15, -0.1) is 0 Å². The molecule has 0 spiro atoms. The molecule has 1 aromatic carbocycles. The molecule has 2 aromatic rings. The third-order valence-corrected chi connectivity index (χ3v) is 5.01. The summed E-state index contributed by atoms with van der Waals surface area (Å²) < 4.78 is 1.35. The van der Waals surface area contributed by atoms with Gasteiger partial charge >= 0.3 is 0 Å². The predicted octanol–water partition coefficient (Wildman–Crippen LogP) is 4.67. The highest BCUT2D eigenvalue weighted by molar-refractivity contribution is 14.1. The van der Waals surface area contributed by atoms with Gasteiger partial charge in [-0.1, -0.05) is 34.1 Å². The van der Waals surface area contributed by atoms with Crippen molar-refractivity contribution in [2.45, 2.75) is 18.2 Å². The number of aryl methyl sites for hydroxylation is 1. The van der Waals surface area contributed by atoms with E-state index in [4.69, 9.17) is 0 Å². The molecule has 1 unspecified atom stereocenters. The molecule has 0 saturated heterocycles. The summed E-state index contributed by atoms with van der Waals surface area (Å²) in [5, 5.41) is 0. The lowest BCUT2D eigenvalue weighted by atomic mass is 10.0. The normalized spacial score (nSPS) is 12.4. The monoisotopic (exact) mass is 401 g/mol. The predicted molar refractivity (Wildman–Crippen MR) is 83.5 cm³/mol. The quantitative estimate of drug-likeness (QED) is 0.537. The van der Waals surface area contributed by atoms with Crippen LogP contribution in [-0.4, -0.2) is 4.98 Å². The molecule has 0 fully saturated rings. The highest BCUT2D eigenvalue weighted by Gasteiger charge is 2.12. The Morgan fingerprint density at radius 1 is 1.24 bits per heavy atom. The van der Waals surface area contributed by atoms with Crippen LogP contribution in [0.2, 0.25) is 0 Å². The number of aromatic nitrogens is 1. The van der Waals surface area contributed by atoms with Crippen LogP contribution in [0.3, 0.4) is 0 Å². The summed E-state index contributed by atoms with van der Waals surface area (Å²) in [6.45, 7) is 2.15. The second-order valence-corrected chi connectivity index (χ2v) is 6.19. The van der Waals surface area contributed by atoms with Crippen molar-refractivity contribution in [2.75, 3.05) is 0 Å². The third-order valence-electron chi connectivity index (χ3n) is 2.72. The fourth-order valence-corrected chi connectivity index (χ4v) is 3.67. The summed E-state index contributed by atoms with van der Waals surface area (Å²) in [7, 11) is 0. The van der Waals surface area contributed by atoms with Crippen LogP contribution in [-0.2, 0) is 6.42 Å². The molecule has 88 valence electrons. The SMILES string of the molecule is Cc1cccc(C(Br)Cc2ccncc2)c1I. The van der Waals surface area contributed by atoms with E-state index in [0.717, 1.165) is 6.42 Å². The first-order valence-corrected chi connectivity index (χ1v) is 7.46. The smallest absolute Gasteiger partial charge is 0.0446 e. The Morgan fingerprint density at radius 2 is 1.94 bits per heavy atom. The largest absolute Gasteiger partial charge is 0.265 e. The number of pyridine rings is 1. The number of nitrogens with zero attached hydrogens (tertiary/aromatic N) is 1. The lowest BCUT2D eigenvalue weighted by molar-refractivity contribution is 0.936. The maximum Gasteiger partial charge on any atom is 0.0446 e. The van der Waals surface area contributed by atoms with E-state index in [1.54, 1.807) is 0 Å². The molecular weight excluding hydrogens is 389 g/mol. The van der Waals surface area contributed by atoms with Crippen LogP contribution in [0.25, 0.3) is 0 Å². The Hall–Kier alpha value is -0.420. The average Bonchev–Trinajstić information content (AvgIpc) is 2.34. The van der Waals surface area contributed by atoms with Gasteiger partial charge in [0.25, 0.3) is 0 Å². The van der Waals surface area contributed by atoms with Gasteiger partial charge in [0.15, 0.2) is 0 Å². The lowest BCUT2D eigenvalue weighted by Gasteiger charge is -2.13. The van der Waals surface area contributed by atoms with Crippen molar-refractivity contribution < 1.29 is 0 Å². The first-order valence-electron chi connectivity index (χ1n) is 5.46. The van der Waals surface area contributed by atoms with E-state index >= 15 is 0 Å². The van der Waals surface area contributed by atoms with E-state index in [1.165, 1.54) is 20.3 Å². The Bertz CT molecular complexity index is 499. The third kappa shape index (κ3) is 3.28. The minimum absolute atomic E-state index is 0.358. The molecule has 0 radical (unpaired) electrons. The number of rotatable bonds is 3. The molecule has 0 amide bonds. The Morgan fingerprint density at radius 3 is 2.65 bits per heavy atom. The molecule has 0 aliphatic carbocycles. The van der Waals surface area contributed by atoms with Crippen molar-refractivity contribution >= 4 is 38.5 Å². The standard InChI is InChI=1S/C14H13BrIN/c1-10-3-2-4-12(14(10)16)13(15)9-11-5-7-17-8-6-11/h2-8,13H,9H2,1H3. The topological polar surface area (TPSA) is 12.9 Å². The van der Waals surface area contributed by atoms with Crippen LogP contribution < -0.4 is 0 Å². The van der Waals surface area contributed by atoms with Crippen LogP contribution in [0, 0.1) is 10.5 Å². The minimum Gasteiger partial charge on any atom is -0.265 e. The molecule has 17 heavy (non-hydrogen) atoms. The molecule has 0 saturated carbocycles. The van der Waals surface area contributed by atoms with Gasteiger partial charge in [-0.3, -0.25) is 4.98 Å². The number of halogens is 2. The molecular formula is C14H13BrIN. The second-order valence-electron chi connectivity index (χ2n) is 4.01. The molecule has 1 nitrogen and oxygen atoms in total. The zero-order valence-electron chi connectivity index (χ0n) is 9.53. The Balaban J connectivity index is 2.20. The van der Waals surface area contributed by atoms with Gasteiger partial charge in [0.1, 0.15) is 0 Å². The molecule has 2 rings (SSSR count). The summed E-state index contributed by atoms with van der Waals surface area (Å²) in [5.41, 5.74) is 4.00. The molecule has 0 N–H and O–H groups in total. The molecule has 1 atom stereocenters. The van der Waals surface area contributed by atoms with Crippen LogP contribution >= 0.6 is 38.5 Å². The van der Waals surface area contributed by atoms with Crippen LogP contribution in [0.4, 0.5) is 0 Å². The van der Waals surface area contributed by atoms with Crippen molar-refractivity contribution in [1.82, 2.24) is 4.98 Å². The van der Waals surface area contributed by atoms with E-state index in [0.29, 0.717) is 4.83 Å². The van der Waals surface area contributed by atoms with E-state index in [1.807, 2.05) is 12.4 Å². The summed E-state index contributed by atoms with van der Waals surface area (Å²) in [6.07, 6.45) is 4.68. The first-order chi connectivity index (χ1) is 8.18. The first kappa shape index (κ1) is 13.0. The van der Waals surface area contributed by atoms with Gasteiger partial charge in [-0.05, 0) is 64.8 Å². The lowest BCUT2D eigenvalue weighted by Crippen LogP contribution is -1.99. The van der Waals surface area contributed by atoms with Crippen molar-refractivity contribution in [3.8, 4) is 0 Å². The summed E-state index contributed by atoms with van der Waals surface area (Å²) in [4.78, 5) is 4.40. The van der Waals surface area contributed by atoms with Gasteiger partial charge in [0, 0.05) is 20.8 Å².